The Morgan fingerprint density at radius 3 is 2.42 bits per heavy atom. The first-order valence-electron chi connectivity index (χ1n) is 8.64. The van der Waals surface area contributed by atoms with E-state index in [1.165, 1.54) is 12.0 Å². The first-order chi connectivity index (χ1) is 12.1. The van der Waals surface area contributed by atoms with Gasteiger partial charge in [-0.3, -0.25) is 9.59 Å². The van der Waals surface area contributed by atoms with E-state index in [-0.39, 0.29) is 27.6 Å². The fraction of sp³-hybridized carbons (Fsp3) is 0.579. The summed E-state index contributed by atoms with van der Waals surface area (Å²) in [4.78, 5) is 26.3. The van der Waals surface area contributed by atoms with Gasteiger partial charge in [0.25, 0.3) is 0 Å². The summed E-state index contributed by atoms with van der Waals surface area (Å²) >= 11 is 0.875. The number of hydrogen-bond donors (Lipinski definition) is 0. The van der Waals surface area contributed by atoms with Crippen LogP contribution in [-0.2, 0) is 4.79 Å². The van der Waals surface area contributed by atoms with E-state index in [9.17, 15) is 22.8 Å². The van der Waals surface area contributed by atoms with Crippen LogP contribution in [-0.4, -0.2) is 24.4 Å². The van der Waals surface area contributed by atoms with E-state index in [2.05, 4.69) is 6.92 Å². The molecule has 1 amide bonds. The van der Waals surface area contributed by atoms with E-state index in [1.54, 1.807) is 4.90 Å². The molecule has 1 aromatic rings. The van der Waals surface area contributed by atoms with Crippen molar-refractivity contribution < 1.29 is 22.8 Å². The Morgan fingerprint density at radius 2 is 1.92 bits per heavy atom. The molecule has 0 atom stereocenters. The number of hydrogen-bond acceptors (Lipinski definition) is 3. The number of aldehydes is 1. The van der Waals surface area contributed by atoms with Gasteiger partial charge >= 0.3 is 6.18 Å². The van der Waals surface area contributed by atoms with Crippen LogP contribution < -0.4 is 4.90 Å². The quantitative estimate of drug-likeness (QED) is 0.538. The van der Waals surface area contributed by atoms with Crippen LogP contribution in [0.5, 0.6) is 0 Å². The molecule has 1 fully saturated rings. The van der Waals surface area contributed by atoms with Gasteiger partial charge in [-0.05, 0) is 57.4 Å². The second-order valence-corrected chi connectivity index (χ2v) is 8.07. The Bertz CT molecular complexity index is 719. The first kappa shape index (κ1) is 20.5. The van der Waals surface area contributed by atoms with Crippen LogP contribution in [0.25, 0.3) is 0 Å². The van der Waals surface area contributed by atoms with Gasteiger partial charge in [-0.25, -0.2) is 0 Å². The maximum absolute atomic E-state index is 13.0. The highest BCUT2D eigenvalue weighted by molar-refractivity contribution is 7.14. The van der Waals surface area contributed by atoms with Crippen LogP contribution in [0, 0.1) is 23.7 Å². The van der Waals surface area contributed by atoms with E-state index in [0.717, 1.165) is 37.0 Å². The number of nitrogens with zero attached hydrogens (tertiary/aromatic N) is 1. The number of alkyl halides is 3. The Hall–Kier alpha value is -1.81. The minimum Gasteiger partial charge on any atom is -0.308 e. The number of carbonyl (C=O) groups excluding carboxylic acids is 2. The minimum atomic E-state index is -4.60. The van der Waals surface area contributed by atoms with Gasteiger partial charge in [0, 0.05) is 17.9 Å². The van der Waals surface area contributed by atoms with Crippen molar-refractivity contribution >= 4 is 29.2 Å². The van der Waals surface area contributed by atoms with E-state index in [1.807, 2.05) is 19.8 Å². The molecule has 0 bridgehead atoms. The van der Waals surface area contributed by atoms with Gasteiger partial charge in [0.15, 0.2) is 6.29 Å². The number of carbonyl (C=O) groups is 2. The maximum Gasteiger partial charge on any atom is 0.458 e. The fourth-order valence-corrected chi connectivity index (χ4v) is 4.04. The molecule has 1 saturated carbocycles. The molecule has 3 nitrogen and oxygen atoms in total. The number of rotatable bonds is 4. The van der Waals surface area contributed by atoms with Crippen molar-refractivity contribution in [3.05, 3.63) is 15.8 Å². The fourth-order valence-electron chi connectivity index (χ4n) is 3.22. The van der Waals surface area contributed by atoms with E-state index in [4.69, 9.17) is 0 Å². The SMILES string of the molecule is CC1CCC(C(=O)N(c2cc(C#CC(F)(F)F)sc2C=O)C(C)C)CC1. The van der Waals surface area contributed by atoms with Crippen molar-refractivity contribution in [1.29, 1.82) is 0 Å². The van der Waals surface area contributed by atoms with Crippen LogP contribution in [0.2, 0.25) is 0 Å². The molecule has 0 N–H and O–H groups in total. The normalized spacial score (nSPS) is 20.4. The van der Waals surface area contributed by atoms with Crippen LogP contribution in [0.4, 0.5) is 18.9 Å². The molecule has 1 aliphatic carbocycles. The van der Waals surface area contributed by atoms with E-state index < -0.39 is 6.18 Å². The van der Waals surface area contributed by atoms with Crippen LogP contribution >= 0.6 is 11.3 Å². The van der Waals surface area contributed by atoms with Gasteiger partial charge in [0.1, 0.15) is 0 Å². The van der Waals surface area contributed by atoms with Gasteiger partial charge in [0.2, 0.25) is 5.91 Å². The largest absolute Gasteiger partial charge is 0.458 e. The average Bonchev–Trinajstić information content (AvgIpc) is 2.95. The van der Waals surface area contributed by atoms with Crippen LogP contribution in [0.15, 0.2) is 6.07 Å². The Balaban J connectivity index is 2.34. The number of anilines is 1. The topological polar surface area (TPSA) is 37.4 Å². The summed E-state index contributed by atoms with van der Waals surface area (Å²) in [7, 11) is 0. The van der Waals surface area contributed by atoms with Gasteiger partial charge in [0.05, 0.1) is 15.4 Å². The number of thiophene rings is 1. The highest BCUT2D eigenvalue weighted by atomic mass is 32.1. The van der Waals surface area contributed by atoms with Gasteiger partial charge < -0.3 is 4.90 Å². The molecule has 1 heterocycles. The summed E-state index contributed by atoms with van der Waals surface area (Å²) in [6.07, 6.45) is -0.471. The average molecular weight is 385 g/mol. The zero-order valence-electron chi connectivity index (χ0n) is 15.0. The molecule has 1 aliphatic rings. The Labute approximate surface area is 155 Å². The molecule has 0 aliphatic heterocycles. The Morgan fingerprint density at radius 1 is 1.31 bits per heavy atom. The molecule has 26 heavy (non-hydrogen) atoms. The molecular formula is C19H22F3NO2S. The molecule has 2 rings (SSSR count). The second kappa shape index (κ2) is 8.26. The maximum atomic E-state index is 13.0. The van der Waals surface area contributed by atoms with Gasteiger partial charge in [-0.15, -0.1) is 11.3 Å². The third-order valence-electron chi connectivity index (χ3n) is 4.55. The van der Waals surface area contributed by atoms with Crippen molar-refractivity contribution in [2.45, 2.75) is 58.7 Å². The highest BCUT2D eigenvalue weighted by Crippen LogP contribution is 2.35. The zero-order chi connectivity index (χ0) is 19.5. The van der Waals surface area contributed by atoms with Gasteiger partial charge in [-0.2, -0.15) is 13.2 Å². The number of halogens is 3. The van der Waals surface area contributed by atoms with Crippen molar-refractivity contribution in [2.24, 2.45) is 11.8 Å². The lowest BCUT2D eigenvalue weighted by Crippen LogP contribution is -2.42. The summed E-state index contributed by atoms with van der Waals surface area (Å²) in [6, 6.07) is 1.20. The van der Waals surface area contributed by atoms with Crippen molar-refractivity contribution in [1.82, 2.24) is 0 Å². The molecule has 142 valence electrons. The second-order valence-electron chi connectivity index (χ2n) is 6.98. The zero-order valence-corrected chi connectivity index (χ0v) is 15.8. The smallest absolute Gasteiger partial charge is 0.308 e. The molecular weight excluding hydrogens is 363 g/mol. The molecule has 0 radical (unpaired) electrons. The predicted octanol–water partition coefficient (Wildman–Crippen LogP) is 5.04. The van der Waals surface area contributed by atoms with Crippen LogP contribution in [0.3, 0.4) is 0 Å². The molecule has 1 aromatic heterocycles. The highest BCUT2D eigenvalue weighted by Gasteiger charge is 2.32. The van der Waals surface area contributed by atoms with Crippen molar-refractivity contribution in [3.63, 3.8) is 0 Å². The lowest BCUT2D eigenvalue weighted by molar-refractivity contribution is -0.123. The summed E-state index contributed by atoms with van der Waals surface area (Å²) in [5, 5.41) is 0. The summed E-state index contributed by atoms with van der Waals surface area (Å²) in [5.41, 5.74) is 0.357. The van der Waals surface area contributed by atoms with Crippen LogP contribution in [0.1, 0.15) is 61.0 Å². The van der Waals surface area contributed by atoms with E-state index >= 15 is 0 Å². The monoisotopic (exact) mass is 385 g/mol. The van der Waals surface area contributed by atoms with Crippen molar-refractivity contribution in [3.8, 4) is 11.8 Å². The van der Waals surface area contributed by atoms with Crippen molar-refractivity contribution in [2.75, 3.05) is 4.90 Å². The third kappa shape index (κ3) is 5.10. The summed E-state index contributed by atoms with van der Waals surface area (Å²) in [6.45, 7) is 5.82. The lowest BCUT2D eigenvalue weighted by atomic mass is 9.82. The lowest BCUT2D eigenvalue weighted by Gasteiger charge is -2.33. The molecule has 0 unspecified atom stereocenters. The van der Waals surface area contributed by atoms with E-state index in [0.29, 0.717) is 17.9 Å². The summed E-state index contributed by atoms with van der Waals surface area (Å²) in [5.74, 6) is 3.67. The molecule has 0 saturated heterocycles. The third-order valence-corrected chi connectivity index (χ3v) is 5.52. The summed E-state index contributed by atoms with van der Waals surface area (Å²) < 4.78 is 37.0. The minimum absolute atomic E-state index is 0.0665. The standard InChI is InChI=1S/C19H22F3NO2S/c1-12(2)23(18(25)14-6-4-13(3)5-7-14)16-10-15(26-17(16)11-24)8-9-19(20,21)22/h10-14H,4-7H2,1-3H3. The predicted molar refractivity (Wildman–Crippen MR) is 96.4 cm³/mol. The molecule has 7 heteroatoms. The Kier molecular flexibility index (Phi) is 6.51. The first-order valence-corrected chi connectivity index (χ1v) is 9.46. The molecule has 0 spiro atoms. The van der Waals surface area contributed by atoms with Gasteiger partial charge in [-0.1, -0.05) is 6.92 Å². The molecule has 0 aromatic carbocycles. The number of amides is 1.